The Balaban J connectivity index is 1.53. The van der Waals surface area contributed by atoms with Crippen molar-refractivity contribution in [1.29, 1.82) is 0 Å². The smallest absolute Gasteiger partial charge is 0.320 e. The lowest BCUT2D eigenvalue weighted by atomic mass is 10.1. The van der Waals surface area contributed by atoms with Crippen molar-refractivity contribution in [3.05, 3.63) is 42.6 Å². The number of nitrogens with zero attached hydrogens (tertiary/aromatic N) is 2. The summed E-state index contributed by atoms with van der Waals surface area (Å²) >= 11 is 0. The van der Waals surface area contributed by atoms with E-state index in [1.165, 1.54) is 0 Å². The number of rotatable bonds is 4. The molecule has 1 aliphatic rings. The number of urea groups is 1. The standard InChI is InChI=1S/C15H18N4O2/c20-15(16-10-12-7-9-21-11-12)17-14-6-8-19(18-14)13-4-2-1-3-5-13/h1-6,8,12H,7,9-11H2,(H2,16,17,18,20)/t12-/m1/s1. The molecule has 0 saturated carbocycles. The minimum absolute atomic E-state index is 0.236. The third-order valence-corrected chi connectivity index (χ3v) is 3.43. The molecule has 0 aliphatic carbocycles. The summed E-state index contributed by atoms with van der Waals surface area (Å²) in [6.07, 6.45) is 2.82. The van der Waals surface area contributed by atoms with Crippen molar-refractivity contribution in [3.8, 4) is 5.69 Å². The number of amides is 2. The summed E-state index contributed by atoms with van der Waals surface area (Å²) in [5.74, 6) is 0.941. The Labute approximate surface area is 123 Å². The SMILES string of the molecule is O=C(NC[C@H]1CCOC1)Nc1ccn(-c2ccccc2)n1. The second-order valence-corrected chi connectivity index (χ2v) is 5.05. The molecule has 1 aliphatic heterocycles. The van der Waals surface area contributed by atoms with Gasteiger partial charge >= 0.3 is 6.03 Å². The lowest BCUT2D eigenvalue weighted by Gasteiger charge is -2.09. The molecule has 6 nitrogen and oxygen atoms in total. The Morgan fingerprint density at radius 3 is 2.95 bits per heavy atom. The van der Waals surface area contributed by atoms with E-state index in [1.54, 1.807) is 10.7 Å². The normalized spacial score (nSPS) is 17.6. The number of para-hydroxylation sites is 1. The average molecular weight is 286 g/mol. The van der Waals surface area contributed by atoms with Crippen LogP contribution >= 0.6 is 0 Å². The lowest BCUT2D eigenvalue weighted by Crippen LogP contribution is -2.33. The van der Waals surface area contributed by atoms with Crippen LogP contribution in [0.1, 0.15) is 6.42 Å². The maximum absolute atomic E-state index is 11.8. The highest BCUT2D eigenvalue weighted by atomic mass is 16.5. The Hall–Kier alpha value is -2.34. The van der Waals surface area contributed by atoms with Crippen LogP contribution in [0, 0.1) is 5.92 Å². The third-order valence-electron chi connectivity index (χ3n) is 3.43. The highest BCUT2D eigenvalue weighted by molar-refractivity contribution is 5.88. The fraction of sp³-hybridized carbons (Fsp3) is 0.333. The molecule has 110 valence electrons. The van der Waals surface area contributed by atoms with Crippen LogP contribution in [0.3, 0.4) is 0 Å². The van der Waals surface area contributed by atoms with Gasteiger partial charge in [0.1, 0.15) is 0 Å². The monoisotopic (exact) mass is 286 g/mol. The molecule has 2 aromatic rings. The molecule has 3 rings (SSSR count). The summed E-state index contributed by atoms with van der Waals surface area (Å²) in [6, 6.07) is 11.3. The van der Waals surface area contributed by atoms with Crippen molar-refractivity contribution in [3.63, 3.8) is 0 Å². The van der Waals surface area contributed by atoms with E-state index in [1.807, 2.05) is 36.5 Å². The van der Waals surface area contributed by atoms with E-state index in [2.05, 4.69) is 15.7 Å². The van der Waals surface area contributed by atoms with E-state index in [4.69, 9.17) is 4.74 Å². The molecule has 1 saturated heterocycles. The topological polar surface area (TPSA) is 68.2 Å². The largest absolute Gasteiger partial charge is 0.381 e. The highest BCUT2D eigenvalue weighted by Crippen LogP contribution is 2.11. The lowest BCUT2D eigenvalue weighted by molar-refractivity contribution is 0.185. The first-order valence-corrected chi connectivity index (χ1v) is 7.05. The molecule has 21 heavy (non-hydrogen) atoms. The minimum atomic E-state index is -0.236. The minimum Gasteiger partial charge on any atom is -0.381 e. The molecule has 1 aromatic carbocycles. The summed E-state index contributed by atoms with van der Waals surface area (Å²) in [7, 11) is 0. The number of carbonyl (C=O) groups excluding carboxylic acids is 1. The Morgan fingerprint density at radius 1 is 1.33 bits per heavy atom. The number of anilines is 1. The Kier molecular flexibility index (Phi) is 4.16. The fourth-order valence-corrected chi connectivity index (χ4v) is 2.26. The molecule has 0 bridgehead atoms. The molecule has 6 heteroatoms. The van der Waals surface area contributed by atoms with E-state index in [9.17, 15) is 4.79 Å². The maximum atomic E-state index is 11.8. The van der Waals surface area contributed by atoms with Crippen molar-refractivity contribution < 1.29 is 9.53 Å². The molecule has 2 amide bonds. The average Bonchev–Trinajstić information content (AvgIpc) is 3.17. The maximum Gasteiger partial charge on any atom is 0.320 e. The molecule has 0 radical (unpaired) electrons. The van der Waals surface area contributed by atoms with Gasteiger partial charge in [0.2, 0.25) is 0 Å². The zero-order valence-electron chi connectivity index (χ0n) is 11.7. The van der Waals surface area contributed by atoms with Crippen molar-refractivity contribution in [2.45, 2.75) is 6.42 Å². The Morgan fingerprint density at radius 2 is 2.19 bits per heavy atom. The van der Waals surface area contributed by atoms with E-state index < -0.39 is 0 Å². The predicted octanol–water partition coefficient (Wildman–Crippen LogP) is 2.03. The van der Waals surface area contributed by atoms with E-state index in [0.29, 0.717) is 18.3 Å². The summed E-state index contributed by atoms with van der Waals surface area (Å²) < 4.78 is 7.00. The molecular formula is C15H18N4O2. The predicted molar refractivity (Wildman–Crippen MR) is 79.5 cm³/mol. The van der Waals surface area contributed by atoms with Crippen molar-refractivity contribution in [2.75, 3.05) is 25.1 Å². The summed E-state index contributed by atoms with van der Waals surface area (Å²) in [6.45, 7) is 2.14. The van der Waals surface area contributed by atoms with Crippen LogP contribution in [0.4, 0.5) is 10.6 Å². The molecule has 2 N–H and O–H groups in total. The zero-order chi connectivity index (χ0) is 14.5. The van der Waals surface area contributed by atoms with Crippen molar-refractivity contribution in [2.24, 2.45) is 5.92 Å². The fourth-order valence-electron chi connectivity index (χ4n) is 2.26. The van der Waals surface area contributed by atoms with Gasteiger partial charge in [-0.3, -0.25) is 5.32 Å². The number of carbonyl (C=O) groups is 1. The van der Waals surface area contributed by atoms with Gasteiger partial charge in [0, 0.05) is 31.3 Å². The van der Waals surface area contributed by atoms with Crippen LogP contribution in [0.25, 0.3) is 5.69 Å². The van der Waals surface area contributed by atoms with Crippen LogP contribution in [0.2, 0.25) is 0 Å². The van der Waals surface area contributed by atoms with Crippen LogP contribution in [0.15, 0.2) is 42.6 Å². The number of hydrogen-bond donors (Lipinski definition) is 2. The third kappa shape index (κ3) is 3.61. The van der Waals surface area contributed by atoms with Gasteiger partial charge in [-0.05, 0) is 18.6 Å². The van der Waals surface area contributed by atoms with Crippen LogP contribution in [-0.4, -0.2) is 35.6 Å². The van der Waals surface area contributed by atoms with Crippen LogP contribution in [0.5, 0.6) is 0 Å². The van der Waals surface area contributed by atoms with Crippen LogP contribution < -0.4 is 10.6 Å². The number of nitrogens with one attached hydrogen (secondary N) is 2. The summed E-state index contributed by atoms with van der Waals surface area (Å²) in [5.41, 5.74) is 0.953. The number of ether oxygens (including phenoxy) is 1. The zero-order valence-corrected chi connectivity index (χ0v) is 11.7. The quantitative estimate of drug-likeness (QED) is 0.903. The van der Waals surface area contributed by atoms with Gasteiger partial charge < -0.3 is 10.1 Å². The second-order valence-electron chi connectivity index (χ2n) is 5.05. The number of benzene rings is 1. The van der Waals surface area contributed by atoms with Crippen LogP contribution in [-0.2, 0) is 4.74 Å². The first-order valence-electron chi connectivity index (χ1n) is 7.05. The number of hydrogen-bond acceptors (Lipinski definition) is 3. The van der Waals surface area contributed by atoms with Gasteiger partial charge in [-0.25, -0.2) is 9.48 Å². The van der Waals surface area contributed by atoms with Gasteiger partial charge in [-0.2, -0.15) is 0 Å². The van der Waals surface area contributed by atoms with E-state index in [0.717, 1.165) is 25.3 Å². The van der Waals surface area contributed by atoms with Gasteiger partial charge in [-0.1, -0.05) is 18.2 Å². The highest BCUT2D eigenvalue weighted by Gasteiger charge is 2.16. The summed E-state index contributed by atoms with van der Waals surface area (Å²) in [5, 5.41) is 9.90. The first-order chi connectivity index (χ1) is 10.3. The number of aromatic nitrogens is 2. The molecule has 1 atom stereocenters. The molecular weight excluding hydrogens is 268 g/mol. The molecule has 0 unspecified atom stereocenters. The second kappa shape index (κ2) is 6.41. The van der Waals surface area contributed by atoms with E-state index >= 15 is 0 Å². The van der Waals surface area contributed by atoms with Crippen molar-refractivity contribution in [1.82, 2.24) is 15.1 Å². The van der Waals surface area contributed by atoms with Gasteiger partial charge in [-0.15, -0.1) is 5.10 Å². The Bertz CT molecular complexity index is 591. The molecule has 0 spiro atoms. The summed E-state index contributed by atoms with van der Waals surface area (Å²) in [4.78, 5) is 11.8. The molecule has 1 fully saturated rings. The van der Waals surface area contributed by atoms with Crippen molar-refractivity contribution >= 4 is 11.8 Å². The van der Waals surface area contributed by atoms with E-state index in [-0.39, 0.29) is 6.03 Å². The van der Waals surface area contributed by atoms with Gasteiger partial charge in [0.15, 0.2) is 5.82 Å². The van der Waals surface area contributed by atoms with Gasteiger partial charge in [0.05, 0.1) is 12.3 Å². The van der Waals surface area contributed by atoms with Gasteiger partial charge in [0.25, 0.3) is 0 Å². The first kappa shape index (κ1) is 13.6. The molecule has 2 heterocycles. The molecule has 1 aromatic heterocycles.